The molecular formula is C13H15BrN4O. The monoisotopic (exact) mass is 322 g/mol. The first kappa shape index (κ1) is 13.7. The highest BCUT2D eigenvalue weighted by atomic mass is 79.9. The van der Waals surface area contributed by atoms with Gasteiger partial charge in [-0.15, -0.1) is 0 Å². The third-order valence-electron chi connectivity index (χ3n) is 2.27. The van der Waals surface area contributed by atoms with Crippen LogP contribution in [0.25, 0.3) is 0 Å². The van der Waals surface area contributed by atoms with Crippen LogP contribution in [0.3, 0.4) is 0 Å². The fourth-order valence-corrected chi connectivity index (χ4v) is 1.82. The van der Waals surface area contributed by atoms with Crippen molar-refractivity contribution in [2.45, 2.75) is 20.3 Å². The molecule has 0 spiro atoms. The summed E-state index contributed by atoms with van der Waals surface area (Å²) in [7, 11) is 0. The van der Waals surface area contributed by atoms with Gasteiger partial charge >= 0.3 is 0 Å². The number of aromatic nitrogens is 3. The van der Waals surface area contributed by atoms with E-state index < -0.39 is 0 Å². The van der Waals surface area contributed by atoms with E-state index in [1.54, 1.807) is 18.5 Å². The van der Waals surface area contributed by atoms with Crippen molar-refractivity contribution in [3.05, 3.63) is 34.7 Å². The molecule has 2 aromatic heterocycles. The van der Waals surface area contributed by atoms with Gasteiger partial charge in [0.1, 0.15) is 5.75 Å². The number of ether oxygens (including phenoxy) is 1. The number of anilines is 1. The predicted octanol–water partition coefficient (Wildman–Crippen LogP) is 3.56. The highest BCUT2D eigenvalue weighted by Crippen LogP contribution is 2.22. The molecule has 0 aromatic carbocycles. The summed E-state index contributed by atoms with van der Waals surface area (Å²) >= 11 is 3.35. The minimum absolute atomic E-state index is 0.506. The molecule has 2 aromatic rings. The van der Waals surface area contributed by atoms with Gasteiger partial charge in [0.25, 0.3) is 0 Å². The first-order valence-electron chi connectivity index (χ1n) is 6.05. The minimum atomic E-state index is 0.506. The van der Waals surface area contributed by atoms with Crippen LogP contribution in [0.5, 0.6) is 11.6 Å². The molecule has 0 fully saturated rings. The molecule has 0 unspecified atom stereocenters. The van der Waals surface area contributed by atoms with Gasteiger partial charge in [-0.05, 0) is 35.3 Å². The number of pyridine rings is 1. The Morgan fingerprint density at radius 3 is 2.84 bits per heavy atom. The molecule has 2 heterocycles. The third kappa shape index (κ3) is 4.17. The van der Waals surface area contributed by atoms with Crippen LogP contribution in [0.15, 0.2) is 29.0 Å². The number of rotatable bonds is 5. The zero-order valence-electron chi connectivity index (χ0n) is 10.9. The number of aryl methyl sites for hydroxylation is 1. The van der Waals surface area contributed by atoms with Crippen molar-refractivity contribution in [1.29, 1.82) is 0 Å². The number of halogens is 1. The first-order chi connectivity index (χ1) is 9.17. The third-order valence-corrected chi connectivity index (χ3v) is 2.70. The van der Waals surface area contributed by atoms with Crippen molar-refractivity contribution in [2.75, 3.05) is 11.9 Å². The van der Waals surface area contributed by atoms with Crippen LogP contribution >= 0.6 is 15.9 Å². The maximum atomic E-state index is 5.68. The van der Waals surface area contributed by atoms with Crippen molar-refractivity contribution < 1.29 is 4.74 Å². The second-order valence-electron chi connectivity index (χ2n) is 4.04. The van der Waals surface area contributed by atoms with Gasteiger partial charge in [-0.25, -0.2) is 4.98 Å². The molecule has 0 aliphatic rings. The quantitative estimate of drug-likeness (QED) is 0.912. The van der Waals surface area contributed by atoms with Crippen molar-refractivity contribution >= 4 is 21.9 Å². The lowest BCUT2D eigenvalue weighted by atomic mass is 10.4. The van der Waals surface area contributed by atoms with E-state index in [2.05, 4.69) is 43.1 Å². The summed E-state index contributed by atoms with van der Waals surface area (Å²) in [5, 5.41) is 3.15. The Balaban J connectivity index is 2.17. The van der Waals surface area contributed by atoms with E-state index in [0.717, 1.165) is 23.1 Å². The van der Waals surface area contributed by atoms with Gasteiger partial charge in [0.15, 0.2) is 0 Å². The van der Waals surface area contributed by atoms with Gasteiger partial charge in [0.2, 0.25) is 11.8 Å². The van der Waals surface area contributed by atoms with Gasteiger partial charge in [-0.2, -0.15) is 4.98 Å². The Kier molecular flexibility index (Phi) is 4.68. The predicted molar refractivity (Wildman–Crippen MR) is 77.6 cm³/mol. The van der Waals surface area contributed by atoms with Crippen LogP contribution in [-0.4, -0.2) is 21.5 Å². The number of hydrogen-bond acceptors (Lipinski definition) is 5. The van der Waals surface area contributed by atoms with Crippen molar-refractivity contribution in [1.82, 2.24) is 15.0 Å². The average molecular weight is 323 g/mol. The van der Waals surface area contributed by atoms with Crippen molar-refractivity contribution in [3.8, 4) is 11.6 Å². The Morgan fingerprint density at radius 2 is 2.11 bits per heavy atom. The summed E-state index contributed by atoms with van der Waals surface area (Å²) in [6, 6.07) is 3.63. The number of hydrogen-bond donors (Lipinski definition) is 1. The van der Waals surface area contributed by atoms with Crippen LogP contribution in [0, 0.1) is 6.92 Å². The van der Waals surface area contributed by atoms with Crippen LogP contribution in [0.4, 0.5) is 5.95 Å². The Hall–Kier alpha value is -1.69. The Morgan fingerprint density at radius 1 is 1.26 bits per heavy atom. The van der Waals surface area contributed by atoms with E-state index in [0.29, 0.717) is 17.6 Å². The van der Waals surface area contributed by atoms with E-state index in [9.17, 15) is 0 Å². The summed E-state index contributed by atoms with van der Waals surface area (Å²) in [6.07, 6.45) is 4.36. The lowest BCUT2D eigenvalue weighted by Gasteiger charge is -2.08. The lowest BCUT2D eigenvalue weighted by molar-refractivity contribution is 0.459. The second kappa shape index (κ2) is 6.47. The Bertz CT molecular complexity index is 562. The fraction of sp³-hybridized carbons (Fsp3) is 0.308. The topological polar surface area (TPSA) is 59.9 Å². The normalized spacial score (nSPS) is 10.3. The van der Waals surface area contributed by atoms with Crippen LogP contribution in [0.2, 0.25) is 0 Å². The average Bonchev–Trinajstić information content (AvgIpc) is 2.35. The maximum absolute atomic E-state index is 5.68. The maximum Gasteiger partial charge on any atom is 0.226 e. The summed E-state index contributed by atoms with van der Waals surface area (Å²) in [4.78, 5) is 12.7. The molecule has 1 N–H and O–H groups in total. The molecule has 0 aliphatic carbocycles. The van der Waals surface area contributed by atoms with Gasteiger partial charge in [0, 0.05) is 29.0 Å². The van der Waals surface area contributed by atoms with Crippen LogP contribution < -0.4 is 10.1 Å². The van der Waals surface area contributed by atoms with E-state index in [1.165, 1.54) is 0 Å². The van der Waals surface area contributed by atoms with Crippen molar-refractivity contribution in [2.24, 2.45) is 0 Å². The molecule has 0 radical (unpaired) electrons. The largest absolute Gasteiger partial charge is 0.437 e. The summed E-state index contributed by atoms with van der Waals surface area (Å²) in [5.41, 5.74) is 0.853. The van der Waals surface area contributed by atoms with Gasteiger partial charge in [-0.3, -0.25) is 4.98 Å². The molecule has 6 heteroatoms. The molecule has 2 rings (SSSR count). The molecule has 0 atom stereocenters. The minimum Gasteiger partial charge on any atom is -0.437 e. The SMILES string of the molecule is CCCNc1nc(C)cc(Oc2cncc(Br)c2)n1. The van der Waals surface area contributed by atoms with E-state index in [4.69, 9.17) is 4.74 Å². The van der Waals surface area contributed by atoms with E-state index >= 15 is 0 Å². The number of nitrogens with one attached hydrogen (secondary N) is 1. The summed E-state index contributed by atoms with van der Waals surface area (Å²) < 4.78 is 6.54. The highest BCUT2D eigenvalue weighted by molar-refractivity contribution is 9.10. The first-order valence-corrected chi connectivity index (χ1v) is 6.84. The molecular weight excluding hydrogens is 308 g/mol. The lowest BCUT2D eigenvalue weighted by Crippen LogP contribution is -2.05. The molecule has 0 saturated heterocycles. The molecule has 0 amide bonds. The standard InChI is InChI=1S/C13H15BrN4O/c1-3-4-16-13-17-9(2)5-12(18-13)19-11-6-10(14)7-15-8-11/h5-8H,3-4H2,1-2H3,(H,16,17,18). The van der Waals surface area contributed by atoms with E-state index in [1.807, 2.05) is 13.0 Å². The summed E-state index contributed by atoms with van der Waals surface area (Å²) in [6.45, 7) is 4.83. The Labute approximate surface area is 120 Å². The fourth-order valence-electron chi connectivity index (χ4n) is 1.48. The summed E-state index contributed by atoms with van der Waals surface area (Å²) in [5.74, 6) is 1.72. The van der Waals surface area contributed by atoms with Crippen molar-refractivity contribution in [3.63, 3.8) is 0 Å². The van der Waals surface area contributed by atoms with Crippen LogP contribution in [0.1, 0.15) is 19.0 Å². The van der Waals surface area contributed by atoms with Gasteiger partial charge in [0.05, 0.1) is 6.20 Å². The van der Waals surface area contributed by atoms with Crippen LogP contribution in [-0.2, 0) is 0 Å². The molecule has 19 heavy (non-hydrogen) atoms. The molecule has 100 valence electrons. The van der Waals surface area contributed by atoms with Gasteiger partial charge in [-0.1, -0.05) is 6.92 Å². The molecule has 5 nitrogen and oxygen atoms in total. The zero-order chi connectivity index (χ0) is 13.7. The van der Waals surface area contributed by atoms with E-state index in [-0.39, 0.29) is 0 Å². The zero-order valence-corrected chi connectivity index (χ0v) is 12.4. The van der Waals surface area contributed by atoms with Gasteiger partial charge < -0.3 is 10.1 Å². The molecule has 0 saturated carbocycles. The molecule has 0 aliphatic heterocycles. The second-order valence-corrected chi connectivity index (χ2v) is 4.95. The number of nitrogens with zero attached hydrogens (tertiary/aromatic N) is 3. The molecule has 0 bridgehead atoms. The highest BCUT2D eigenvalue weighted by Gasteiger charge is 2.04. The smallest absolute Gasteiger partial charge is 0.226 e.